The Labute approximate surface area is 414 Å². The maximum atomic E-state index is 11.8. The molecule has 0 saturated carbocycles. The van der Waals surface area contributed by atoms with Gasteiger partial charge in [0.05, 0.1) is 13.2 Å². The number of esters is 2. The van der Waals surface area contributed by atoms with Crippen molar-refractivity contribution in [3.8, 4) is 0 Å². The predicted molar refractivity (Wildman–Crippen MR) is 294 cm³/mol. The van der Waals surface area contributed by atoms with Gasteiger partial charge in [-0.3, -0.25) is 9.59 Å². The van der Waals surface area contributed by atoms with Crippen LogP contribution in [-0.4, -0.2) is 25.2 Å². The van der Waals surface area contributed by atoms with E-state index in [1.807, 2.05) is 0 Å². The Hall–Kier alpha value is -2.10. The van der Waals surface area contributed by atoms with Crippen LogP contribution in [0, 0.1) is 0 Å². The average molecular weight is 926 g/mol. The lowest BCUT2D eigenvalue weighted by atomic mass is 10.1. The Bertz CT molecular complexity index is 958. The molecule has 0 fully saturated rings. The Morgan fingerprint density at radius 3 is 0.758 bits per heavy atom. The van der Waals surface area contributed by atoms with Crippen molar-refractivity contribution in [3.05, 3.63) is 48.6 Å². The fourth-order valence-corrected chi connectivity index (χ4v) is 8.21. The molecule has 0 atom stereocenters. The van der Waals surface area contributed by atoms with Crippen molar-refractivity contribution in [1.82, 2.24) is 0 Å². The molecule has 0 radical (unpaired) electrons. The minimum absolute atomic E-state index is 0.00719. The highest BCUT2D eigenvalue weighted by Crippen LogP contribution is 2.14. The van der Waals surface area contributed by atoms with Gasteiger partial charge in [0.15, 0.2) is 0 Å². The predicted octanol–water partition coefficient (Wildman–Crippen LogP) is 21.3. The van der Waals surface area contributed by atoms with Crippen LogP contribution < -0.4 is 0 Å². The molecule has 0 N–H and O–H groups in total. The summed E-state index contributed by atoms with van der Waals surface area (Å²) in [6.07, 6.45) is 75.6. The first kappa shape index (κ1) is 66.0. The van der Waals surface area contributed by atoms with Gasteiger partial charge in [-0.1, -0.05) is 269 Å². The number of carbonyl (C=O) groups excluding carboxylic acids is 2. The molecule has 0 aromatic carbocycles. The van der Waals surface area contributed by atoms with Crippen molar-refractivity contribution in [2.24, 2.45) is 0 Å². The van der Waals surface area contributed by atoms with Gasteiger partial charge >= 0.3 is 11.9 Å². The van der Waals surface area contributed by atoms with Gasteiger partial charge in [0.25, 0.3) is 0 Å². The molecule has 0 amide bonds. The van der Waals surface area contributed by atoms with Crippen molar-refractivity contribution in [2.75, 3.05) is 13.2 Å². The summed E-state index contributed by atoms with van der Waals surface area (Å²) in [5, 5.41) is 0. The van der Waals surface area contributed by atoms with Crippen LogP contribution in [0.5, 0.6) is 0 Å². The highest BCUT2D eigenvalue weighted by molar-refractivity contribution is 5.69. The van der Waals surface area contributed by atoms with E-state index in [9.17, 15) is 9.59 Å². The number of ether oxygens (including phenoxy) is 2. The molecule has 0 spiro atoms. The topological polar surface area (TPSA) is 52.6 Å². The monoisotopic (exact) mass is 925 g/mol. The Balaban J connectivity index is 0. The van der Waals surface area contributed by atoms with Gasteiger partial charge in [0.2, 0.25) is 0 Å². The van der Waals surface area contributed by atoms with Gasteiger partial charge in [0, 0.05) is 12.8 Å². The zero-order valence-electron chi connectivity index (χ0n) is 45.2. The number of hydrogen-bond donors (Lipinski definition) is 0. The van der Waals surface area contributed by atoms with Gasteiger partial charge in [-0.2, -0.15) is 0 Å². The second-order valence-electron chi connectivity index (χ2n) is 19.5. The molecule has 0 bridgehead atoms. The molecule has 0 aliphatic rings. The van der Waals surface area contributed by atoms with E-state index in [0.29, 0.717) is 26.1 Å². The largest absolute Gasteiger partial charge is 0.466 e. The molecule has 0 aromatic rings. The van der Waals surface area contributed by atoms with Crippen LogP contribution in [-0.2, 0) is 19.1 Å². The molecule has 0 unspecified atom stereocenters. The van der Waals surface area contributed by atoms with E-state index in [2.05, 4.69) is 76.3 Å². The van der Waals surface area contributed by atoms with Gasteiger partial charge in [-0.05, 0) is 89.9 Å². The van der Waals surface area contributed by atoms with E-state index in [0.717, 1.165) is 51.4 Å². The van der Waals surface area contributed by atoms with Crippen molar-refractivity contribution >= 4 is 11.9 Å². The van der Waals surface area contributed by atoms with Crippen LogP contribution >= 0.6 is 0 Å². The van der Waals surface area contributed by atoms with Crippen LogP contribution in [0.15, 0.2) is 48.6 Å². The third kappa shape index (κ3) is 64.0. The van der Waals surface area contributed by atoms with Crippen molar-refractivity contribution < 1.29 is 19.1 Å². The third-order valence-electron chi connectivity index (χ3n) is 12.7. The molecule has 0 aliphatic carbocycles. The van der Waals surface area contributed by atoms with E-state index >= 15 is 0 Å². The summed E-state index contributed by atoms with van der Waals surface area (Å²) in [7, 11) is 0. The summed E-state index contributed by atoms with van der Waals surface area (Å²) in [6.45, 7) is 10.3. The third-order valence-corrected chi connectivity index (χ3v) is 12.7. The number of allylic oxidation sites excluding steroid dienone is 8. The molecule has 0 rings (SSSR count). The summed E-state index contributed by atoms with van der Waals surface area (Å²) in [5.41, 5.74) is 0. The maximum absolute atomic E-state index is 11.8. The van der Waals surface area contributed by atoms with E-state index in [1.54, 1.807) is 0 Å². The molecule has 4 nitrogen and oxygen atoms in total. The summed E-state index contributed by atoms with van der Waals surface area (Å²) in [6, 6.07) is 0. The number of unbranched alkanes of at least 4 members (excludes halogenated alkanes) is 36. The summed E-state index contributed by atoms with van der Waals surface area (Å²) in [5.74, 6) is 0.0144. The molecule has 0 aliphatic heterocycles. The molecule has 388 valence electrons. The first-order valence-electron chi connectivity index (χ1n) is 29.5. The lowest BCUT2D eigenvalue weighted by molar-refractivity contribution is -0.144. The number of carbonyl (C=O) groups is 2. The van der Waals surface area contributed by atoms with E-state index < -0.39 is 0 Å². The number of rotatable bonds is 52. The minimum atomic E-state index is 0.00719. The first-order chi connectivity index (χ1) is 32.6. The Kier molecular flexibility index (Phi) is 62.9. The molecule has 0 saturated heterocycles. The highest BCUT2D eigenvalue weighted by atomic mass is 16.5. The smallest absolute Gasteiger partial charge is 0.305 e. The lowest BCUT2D eigenvalue weighted by Crippen LogP contribution is -2.05. The average Bonchev–Trinajstić information content (AvgIpc) is 3.32. The normalized spacial score (nSPS) is 11.7. The fourth-order valence-electron chi connectivity index (χ4n) is 8.21. The van der Waals surface area contributed by atoms with Crippen LogP contribution in [0.1, 0.15) is 323 Å². The molecule has 0 aromatic heterocycles. The fraction of sp³-hybridized carbons (Fsp3) is 0.839. The molecule has 0 heterocycles. The lowest BCUT2D eigenvalue weighted by Gasteiger charge is -2.05. The summed E-state index contributed by atoms with van der Waals surface area (Å²) < 4.78 is 10.8. The second kappa shape index (κ2) is 62.9. The van der Waals surface area contributed by atoms with Gasteiger partial charge in [-0.25, -0.2) is 0 Å². The Morgan fingerprint density at radius 2 is 0.470 bits per heavy atom. The van der Waals surface area contributed by atoms with Crippen LogP contribution in [0.4, 0.5) is 0 Å². The number of hydrogen-bond acceptors (Lipinski definition) is 4. The highest BCUT2D eigenvalue weighted by Gasteiger charge is 2.04. The van der Waals surface area contributed by atoms with E-state index in [-0.39, 0.29) is 11.9 Å². The minimum Gasteiger partial charge on any atom is -0.466 e. The van der Waals surface area contributed by atoms with Crippen LogP contribution in [0.2, 0.25) is 0 Å². The standard InChI is InChI=1S/2C31H58O2/c2*1-3-5-7-9-11-13-15-16-17-18-19-21-23-25-27-29-31(32)33-30-28-26-24-22-20-14-12-10-8-6-4-2/h2*11,13,16-17H,3-10,12,14-15,18-30H2,1-2H3. The SMILES string of the molecule is CCCCCC=CCC=CCCCCCCCC(=O)OCCCCCCCCCCCCC.CCCCCC=CCC=CCCCCCCCC(=O)OCCCCCCCCCCCCC. The van der Waals surface area contributed by atoms with E-state index in [1.165, 1.54) is 231 Å². The van der Waals surface area contributed by atoms with Gasteiger partial charge < -0.3 is 9.47 Å². The van der Waals surface area contributed by atoms with E-state index in [4.69, 9.17) is 9.47 Å². The molecule has 4 heteroatoms. The van der Waals surface area contributed by atoms with Crippen molar-refractivity contribution in [3.63, 3.8) is 0 Å². The van der Waals surface area contributed by atoms with Crippen molar-refractivity contribution in [2.45, 2.75) is 323 Å². The Morgan fingerprint density at radius 1 is 0.258 bits per heavy atom. The van der Waals surface area contributed by atoms with Crippen LogP contribution in [0.25, 0.3) is 0 Å². The maximum Gasteiger partial charge on any atom is 0.305 e. The summed E-state index contributed by atoms with van der Waals surface area (Å²) >= 11 is 0. The first-order valence-corrected chi connectivity index (χ1v) is 29.5. The van der Waals surface area contributed by atoms with Gasteiger partial charge in [0.1, 0.15) is 0 Å². The van der Waals surface area contributed by atoms with Crippen LogP contribution in [0.3, 0.4) is 0 Å². The van der Waals surface area contributed by atoms with Gasteiger partial charge in [-0.15, -0.1) is 0 Å². The molecule has 66 heavy (non-hydrogen) atoms. The van der Waals surface area contributed by atoms with Crippen molar-refractivity contribution in [1.29, 1.82) is 0 Å². The quantitative estimate of drug-likeness (QED) is 0.0346. The second-order valence-corrected chi connectivity index (χ2v) is 19.5. The zero-order valence-corrected chi connectivity index (χ0v) is 45.2. The molecular weight excluding hydrogens is 809 g/mol. The molecular formula is C62H116O4. The zero-order chi connectivity index (χ0) is 48.2. The summed E-state index contributed by atoms with van der Waals surface area (Å²) in [4.78, 5) is 23.6.